The quantitative estimate of drug-likeness (QED) is 0.0795. The Morgan fingerprint density at radius 1 is 0.606 bits per heavy atom. The Balaban J connectivity index is 1.44. The van der Waals surface area contributed by atoms with Gasteiger partial charge in [-0.1, -0.05) is 60.7 Å². The minimum Gasteiger partial charge on any atom is -0.506 e. The van der Waals surface area contributed by atoms with Crippen LogP contribution in [-0.2, 0) is 59.9 Å². The van der Waals surface area contributed by atoms with Crippen LogP contribution < -0.4 is 21.5 Å². The summed E-state index contributed by atoms with van der Waals surface area (Å²) in [6.45, 7) is 0. The molecule has 342 valence electrons. The van der Waals surface area contributed by atoms with E-state index >= 15 is 0 Å². The molecule has 66 heavy (non-hydrogen) atoms. The van der Waals surface area contributed by atoms with E-state index in [-0.39, 0.29) is 22.9 Å². The Labute approximate surface area is 371 Å². The fourth-order valence-electron chi connectivity index (χ4n) is 8.26. The van der Waals surface area contributed by atoms with Gasteiger partial charge in [-0.2, -0.15) is 33.7 Å². The number of anilines is 2. The molecule has 0 amide bonds. The van der Waals surface area contributed by atoms with E-state index in [0.29, 0.717) is 6.07 Å². The van der Waals surface area contributed by atoms with E-state index in [1.165, 1.54) is 48.6 Å². The normalized spacial score (nSPS) is 18.6. The number of aromatic nitrogens is 1. The number of carbonyl (C=O) groups excluding carboxylic acids is 2. The number of nitrogens with zero attached hydrogens (tertiary/aromatic N) is 1. The summed E-state index contributed by atoms with van der Waals surface area (Å²) >= 11 is 0. The van der Waals surface area contributed by atoms with Gasteiger partial charge in [0, 0.05) is 33.2 Å². The van der Waals surface area contributed by atoms with Crippen LogP contribution in [0, 0.1) is 28.2 Å². The number of ketones is 2. The number of fused-ring (bicyclic) bond motifs is 3. The Morgan fingerprint density at radius 3 is 1.76 bits per heavy atom. The number of aliphatic hydroxyl groups excluding tert-OH is 1. The van der Waals surface area contributed by atoms with Crippen molar-refractivity contribution in [1.82, 2.24) is 4.98 Å². The first kappa shape index (κ1) is 46.2. The topological polar surface area (TPSA) is 365 Å². The minimum atomic E-state index is -5.73. The molecule has 4 aliphatic rings. The first-order valence-corrected chi connectivity index (χ1v) is 26.0. The van der Waals surface area contributed by atoms with Crippen LogP contribution in [0.4, 0.5) is 11.4 Å². The maximum atomic E-state index is 14.5. The number of Topliss-reactive ketones (excluding diaryl/α,β-unsaturated/α-hetero) is 2. The number of allylic oxidation sites excluding steroid dienone is 4. The third kappa shape index (κ3) is 7.83. The second-order valence-corrected chi connectivity index (χ2v) is 22.7. The number of benzene rings is 4. The maximum Gasteiger partial charge on any atom is 0.296 e. The standard InChI is InChI=1S/C40H28N2O19S5/c43-36(18-6-5-7-19(14-18)63(50,51)52)34-31-20-8-1-2-9-21(20)39(46)32-26(16-30(66(59,60)61)35(33(31)32)42-40(34)47)41-25-15-28(29(65(56,57)58)17-27(25)64(53,54)55)62(48,49)13-12-24-37(44)22-10-3-4-11-23(22)38(24)45/h1-11,14-17,22-24,41,43H,12-13H2,(H,50,51,52)(H,53,54,55)(H,56,57,58)(H,59,60,61). The zero-order chi connectivity index (χ0) is 48.2. The van der Waals surface area contributed by atoms with Gasteiger partial charge in [-0.05, 0) is 42.1 Å². The van der Waals surface area contributed by atoms with Crippen molar-refractivity contribution in [2.75, 3.05) is 11.1 Å². The number of sulfone groups is 1. The van der Waals surface area contributed by atoms with Gasteiger partial charge < -0.3 is 10.4 Å². The predicted molar refractivity (Wildman–Crippen MR) is 229 cm³/mol. The van der Waals surface area contributed by atoms with Crippen molar-refractivity contribution in [2.45, 2.75) is 30.9 Å². The summed E-state index contributed by atoms with van der Waals surface area (Å²) in [4.78, 5) is 52.0. The molecular formula is C40H28N2O19S5. The largest absolute Gasteiger partial charge is 0.506 e. The maximum absolute atomic E-state index is 14.5. The summed E-state index contributed by atoms with van der Waals surface area (Å²) in [7, 11) is -27.1. The zero-order valence-corrected chi connectivity index (χ0v) is 36.8. The molecule has 3 aliphatic carbocycles. The van der Waals surface area contributed by atoms with Crippen LogP contribution >= 0.6 is 0 Å². The van der Waals surface area contributed by atoms with Crippen LogP contribution in [0.5, 0.6) is 0 Å². The van der Waals surface area contributed by atoms with Crippen molar-refractivity contribution in [3.05, 3.63) is 133 Å². The lowest BCUT2D eigenvalue weighted by atomic mass is 9.91. The van der Waals surface area contributed by atoms with E-state index in [2.05, 4.69) is 10.3 Å². The highest BCUT2D eigenvalue weighted by molar-refractivity contribution is 7.93. The molecule has 4 aromatic rings. The van der Waals surface area contributed by atoms with Gasteiger partial charge in [0.25, 0.3) is 46.0 Å². The fourth-order valence-corrected chi connectivity index (χ4v) is 12.9. The molecule has 2 unspecified atom stereocenters. The molecule has 1 aliphatic heterocycles. The van der Waals surface area contributed by atoms with Crippen LogP contribution in [-0.4, -0.2) is 87.7 Å². The molecule has 1 heterocycles. The first-order valence-electron chi connectivity index (χ1n) is 18.6. The van der Waals surface area contributed by atoms with E-state index in [0.717, 1.165) is 24.3 Å². The van der Waals surface area contributed by atoms with Crippen molar-refractivity contribution >= 4 is 101 Å². The number of hydrogen-bond acceptors (Lipinski definition) is 17. The SMILES string of the molecule is O=C1C(CCS(=O)(=O)c2cc(Nc3cc(S(=O)(=O)O)c4nc(=O)c(=C(O)c5cccc(S(=O)(=O)O)c5)c5c6ccccc6c(=O)c3c4=5)c(S(=O)(=O)O)cc2S(=O)(=O)O)C(=O)C2C=CC=CC12. The molecule has 1 saturated carbocycles. The zero-order valence-electron chi connectivity index (χ0n) is 32.7. The molecule has 1 fully saturated rings. The molecular weight excluding hydrogens is 973 g/mol. The Hall–Kier alpha value is -6.36. The highest BCUT2D eigenvalue weighted by Crippen LogP contribution is 2.39. The van der Waals surface area contributed by atoms with Crippen LogP contribution in [0.1, 0.15) is 12.0 Å². The lowest BCUT2D eigenvalue weighted by Gasteiger charge is -2.18. The van der Waals surface area contributed by atoms with E-state index in [1.54, 1.807) is 0 Å². The number of hydrogen-bond donors (Lipinski definition) is 6. The first-order chi connectivity index (χ1) is 30.6. The molecule has 21 nitrogen and oxygen atoms in total. The number of rotatable bonds is 11. The van der Waals surface area contributed by atoms with Gasteiger partial charge >= 0.3 is 0 Å². The summed E-state index contributed by atoms with van der Waals surface area (Å²) in [6, 6.07) is 9.78. The third-order valence-electron chi connectivity index (χ3n) is 11.1. The monoisotopic (exact) mass is 1000 g/mol. The Morgan fingerprint density at radius 2 is 1.18 bits per heavy atom. The number of aliphatic hydroxyl groups is 1. The fraction of sp³-hybridized carbons (Fsp3) is 0.125. The molecule has 2 atom stereocenters. The smallest absolute Gasteiger partial charge is 0.296 e. The van der Waals surface area contributed by atoms with Gasteiger partial charge in [-0.25, -0.2) is 13.4 Å². The molecule has 0 aromatic heterocycles. The lowest BCUT2D eigenvalue weighted by molar-refractivity contribution is -0.128. The third-order valence-corrected chi connectivity index (χ3v) is 16.6. The summed E-state index contributed by atoms with van der Waals surface area (Å²) in [5.41, 5.74) is -5.78. The molecule has 0 radical (unpaired) electrons. The van der Waals surface area contributed by atoms with Crippen LogP contribution in [0.3, 0.4) is 0 Å². The summed E-state index contributed by atoms with van der Waals surface area (Å²) < 4.78 is 170. The predicted octanol–water partition coefficient (Wildman–Crippen LogP) is 1.72. The number of carbonyl (C=O) groups is 2. The van der Waals surface area contributed by atoms with Gasteiger partial charge in [-0.3, -0.25) is 37.4 Å². The molecule has 26 heteroatoms. The number of nitrogens with one attached hydrogen (secondary N) is 1. The molecule has 8 rings (SSSR count). The molecule has 0 spiro atoms. The van der Waals surface area contributed by atoms with Gasteiger partial charge in [0.05, 0.1) is 49.0 Å². The average Bonchev–Trinajstić information content (AvgIpc) is 3.47. The van der Waals surface area contributed by atoms with Crippen molar-refractivity contribution in [2.24, 2.45) is 17.8 Å². The van der Waals surface area contributed by atoms with Crippen molar-refractivity contribution in [3.8, 4) is 0 Å². The van der Waals surface area contributed by atoms with Gasteiger partial charge in [-0.15, -0.1) is 0 Å². The van der Waals surface area contributed by atoms with Crippen LogP contribution in [0.25, 0.3) is 27.4 Å². The molecule has 0 bridgehead atoms. The van der Waals surface area contributed by atoms with Gasteiger partial charge in [0.2, 0.25) is 0 Å². The molecule has 0 saturated heterocycles. The Bertz CT molecular complexity index is 4070. The van der Waals surface area contributed by atoms with E-state index in [4.69, 9.17) is 0 Å². The van der Waals surface area contributed by atoms with E-state index in [1.807, 2.05) is 0 Å². The lowest BCUT2D eigenvalue weighted by Crippen LogP contribution is -2.33. The van der Waals surface area contributed by atoms with Crippen LogP contribution in [0.2, 0.25) is 0 Å². The van der Waals surface area contributed by atoms with Crippen molar-refractivity contribution < 1.29 is 75.0 Å². The Kier molecular flexibility index (Phi) is 10.9. The minimum absolute atomic E-state index is 0.0196. The van der Waals surface area contributed by atoms with E-state index in [9.17, 15) is 84.6 Å². The second kappa shape index (κ2) is 15.6. The van der Waals surface area contributed by atoms with Crippen molar-refractivity contribution in [1.29, 1.82) is 0 Å². The van der Waals surface area contributed by atoms with Crippen molar-refractivity contribution in [3.63, 3.8) is 0 Å². The highest BCUT2D eigenvalue weighted by atomic mass is 32.2. The summed E-state index contributed by atoms with van der Waals surface area (Å²) in [5, 5.41) is 10.9. The van der Waals surface area contributed by atoms with E-state index < -0.39 is 177 Å². The second-order valence-electron chi connectivity index (χ2n) is 15.0. The highest BCUT2D eigenvalue weighted by Gasteiger charge is 2.47. The summed E-state index contributed by atoms with van der Waals surface area (Å²) in [6.07, 6.45) is 5.21. The van der Waals surface area contributed by atoms with Crippen LogP contribution in [0.15, 0.2) is 125 Å². The summed E-state index contributed by atoms with van der Waals surface area (Å²) in [5.74, 6) is -6.76. The van der Waals surface area contributed by atoms with Gasteiger partial charge in [0.1, 0.15) is 20.4 Å². The average molecular weight is 1000 g/mol. The van der Waals surface area contributed by atoms with Gasteiger partial charge in [0.15, 0.2) is 26.8 Å². The molecule has 6 N–H and O–H groups in total. The molecule has 4 aromatic carbocycles.